The second-order valence-electron chi connectivity index (χ2n) is 6.35. The van der Waals surface area contributed by atoms with Crippen molar-refractivity contribution in [3.05, 3.63) is 75.4 Å². The Kier molecular flexibility index (Phi) is 6.68. The van der Waals surface area contributed by atoms with Crippen LogP contribution in [0.1, 0.15) is 5.56 Å². The molecule has 3 aromatic rings. The number of ether oxygens (including phenoxy) is 2. The molecule has 0 aliphatic rings. The molecule has 0 atom stereocenters. The summed E-state index contributed by atoms with van der Waals surface area (Å²) < 4.78 is 29.1. The van der Waals surface area contributed by atoms with E-state index in [2.05, 4.69) is 0 Å². The Labute approximate surface area is 175 Å². The first kappa shape index (κ1) is 21.3. The van der Waals surface area contributed by atoms with Crippen LogP contribution in [-0.4, -0.2) is 37.0 Å². The van der Waals surface area contributed by atoms with Crippen molar-refractivity contribution in [3.8, 4) is 5.75 Å². The molecule has 0 saturated carbocycles. The molecule has 0 N–H and O–H groups in total. The third-order valence-electron chi connectivity index (χ3n) is 4.19. The molecule has 0 aliphatic heterocycles. The predicted molar refractivity (Wildman–Crippen MR) is 107 cm³/mol. The Hall–Kier alpha value is -3.39. The van der Waals surface area contributed by atoms with Gasteiger partial charge in [0.1, 0.15) is 17.1 Å². The van der Waals surface area contributed by atoms with Crippen LogP contribution < -0.4 is 10.4 Å². The molecule has 1 aromatic heterocycles. The summed E-state index contributed by atoms with van der Waals surface area (Å²) >= 11 is 5.95. The standard InChI is InChI=1S/C21H17ClFNO6/c1-24(10-15-16(22)3-2-4-17(15)23)19(25)11-29-21(27)12-28-14-7-5-13-6-8-20(26)30-18(13)9-14/h2-9H,10-12H2,1H3. The van der Waals surface area contributed by atoms with Crippen molar-refractivity contribution in [2.45, 2.75) is 6.54 Å². The minimum absolute atomic E-state index is 0.0688. The van der Waals surface area contributed by atoms with Crippen LogP contribution >= 0.6 is 11.6 Å². The number of carbonyl (C=O) groups excluding carboxylic acids is 2. The van der Waals surface area contributed by atoms with Gasteiger partial charge >= 0.3 is 11.6 Å². The quantitative estimate of drug-likeness (QED) is 0.420. The van der Waals surface area contributed by atoms with E-state index in [0.29, 0.717) is 16.7 Å². The number of halogens is 2. The Balaban J connectivity index is 1.49. The zero-order chi connectivity index (χ0) is 21.7. The first-order valence-corrected chi connectivity index (χ1v) is 9.20. The van der Waals surface area contributed by atoms with Crippen LogP contribution in [0.2, 0.25) is 5.02 Å². The summed E-state index contributed by atoms with van der Waals surface area (Å²) in [6.07, 6.45) is 0. The molecular weight excluding hydrogens is 417 g/mol. The molecule has 1 heterocycles. The number of fused-ring (bicyclic) bond motifs is 1. The molecule has 7 nitrogen and oxygen atoms in total. The summed E-state index contributed by atoms with van der Waals surface area (Å²) in [5, 5.41) is 0.902. The van der Waals surface area contributed by atoms with Gasteiger partial charge in [0, 0.05) is 41.7 Å². The molecule has 0 bridgehead atoms. The molecule has 0 fully saturated rings. The molecule has 0 unspecified atom stereocenters. The number of carbonyl (C=O) groups is 2. The summed E-state index contributed by atoms with van der Waals surface area (Å²) in [5.74, 6) is -1.53. The van der Waals surface area contributed by atoms with Crippen molar-refractivity contribution in [2.24, 2.45) is 0 Å². The van der Waals surface area contributed by atoms with Gasteiger partial charge in [0.05, 0.1) is 0 Å². The van der Waals surface area contributed by atoms with Gasteiger partial charge in [-0.3, -0.25) is 4.79 Å². The maximum Gasteiger partial charge on any atom is 0.344 e. The van der Waals surface area contributed by atoms with E-state index in [9.17, 15) is 18.8 Å². The molecule has 156 valence electrons. The monoisotopic (exact) mass is 433 g/mol. The fourth-order valence-electron chi connectivity index (χ4n) is 2.58. The van der Waals surface area contributed by atoms with Crippen LogP contribution in [0.3, 0.4) is 0 Å². The summed E-state index contributed by atoms with van der Waals surface area (Å²) in [4.78, 5) is 36.5. The van der Waals surface area contributed by atoms with Crippen molar-refractivity contribution in [2.75, 3.05) is 20.3 Å². The summed E-state index contributed by atoms with van der Waals surface area (Å²) in [5.41, 5.74) is -0.0111. The number of hydrogen-bond acceptors (Lipinski definition) is 6. The lowest BCUT2D eigenvalue weighted by Crippen LogP contribution is -2.32. The van der Waals surface area contributed by atoms with E-state index in [-0.39, 0.29) is 17.1 Å². The molecule has 30 heavy (non-hydrogen) atoms. The van der Waals surface area contributed by atoms with E-state index < -0.39 is 36.5 Å². The van der Waals surface area contributed by atoms with Crippen LogP contribution in [0.4, 0.5) is 4.39 Å². The lowest BCUT2D eigenvalue weighted by molar-refractivity contribution is -0.153. The summed E-state index contributed by atoms with van der Waals surface area (Å²) in [6.45, 7) is -1.04. The molecule has 0 aliphatic carbocycles. The highest BCUT2D eigenvalue weighted by molar-refractivity contribution is 6.31. The smallest absolute Gasteiger partial charge is 0.344 e. The van der Waals surface area contributed by atoms with E-state index in [0.717, 1.165) is 0 Å². The molecule has 1 amide bonds. The number of nitrogens with zero attached hydrogens (tertiary/aromatic N) is 1. The van der Waals surface area contributed by atoms with Gasteiger partial charge in [0.2, 0.25) is 0 Å². The van der Waals surface area contributed by atoms with Crippen molar-refractivity contribution < 1.29 is 27.9 Å². The minimum atomic E-state index is -0.768. The highest BCUT2D eigenvalue weighted by Gasteiger charge is 2.16. The molecular formula is C21H17ClFNO6. The SMILES string of the molecule is CN(Cc1c(F)cccc1Cl)C(=O)COC(=O)COc1ccc2ccc(=O)oc2c1. The van der Waals surface area contributed by atoms with Crippen molar-refractivity contribution in [1.82, 2.24) is 4.90 Å². The topological polar surface area (TPSA) is 86.0 Å². The molecule has 0 saturated heterocycles. The zero-order valence-corrected chi connectivity index (χ0v) is 16.6. The molecule has 9 heteroatoms. The first-order valence-electron chi connectivity index (χ1n) is 8.82. The van der Waals surface area contributed by atoms with Gasteiger partial charge in [-0.05, 0) is 30.3 Å². The molecule has 2 aromatic carbocycles. The lowest BCUT2D eigenvalue weighted by Gasteiger charge is -2.18. The molecule has 3 rings (SSSR count). The van der Waals surface area contributed by atoms with Gasteiger partial charge in [0.15, 0.2) is 13.2 Å². The van der Waals surface area contributed by atoms with Crippen molar-refractivity contribution in [3.63, 3.8) is 0 Å². The van der Waals surface area contributed by atoms with Gasteiger partial charge in [-0.15, -0.1) is 0 Å². The van der Waals surface area contributed by atoms with Crippen molar-refractivity contribution in [1.29, 1.82) is 0 Å². The largest absolute Gasteiger partial charge is 0.482 e. The molecule has 0 spiro atoms. The van der Waals surface area contributed by atoms with Gasteiger partial charge in [0.25, 0.3) is 5.91 Å². The van der Waals surface area contributed by atoms with Gasteiger partial charge in [-0.1, -0.05) is 17.7 Å². The number of amides is 1. The maximum absolute atomic E-state index is 13.8. The predicted octanol–water partition coefficient (Wildman–Crippen LogP) is 3.17. The van der Waals surface area contributed by atoms with Crippen LogP contribution in [0.15, 0.2) is 57.7 Å². The third-order valence-corrected chi connectivity index (χ3v) is 4.54. The number of rotatable bonds is 7. The van der Waals surface area contributed by atoms with E-state index in [1.54, 1.807) is 18.2 Å². The highest BCUT2D eigenvalue weighted by Crippen LogP contribution is 2.21. The Morgan fingerprint density at radius 3 is 2.67 bits per heavy atom. The zero-order valence-electron chi connectivity index (χ0n) is 15.9. The average molecular weight is 434 g/mol. The maximum atomic E-state index is 13.8. The second kappa shape index (κ2) is 9.41. The fourth-order valence-corrected chi connectivity index (χ4v) is 2.80. The molecule has 0 radical (unpaired) electrons. The first-order chi connectivity index (χ1) is 14.3. The normalized spacial score (nSPS) is 10.6. The average Bonchev–Trinajstić information content (AvgIpc) is 2.72. The van der Waals surface area contributed by atoms with E-state index in [1.807, 2.05) is 0 Å². The van der Waals surface area contributed by atoms with Gasteiger partial charge in [-0.2, -0.15) is 0 Å². The second-order valence-corrected chi connectivity index (χ2v) is 6.76. The van der Waals surface area contributed by atoms with Crippen molar-refractivity contribution >= 4 is 34.4 Å². The lowest BCUT2D eigenvalue weighted by atomic mass is 10.2. The highest BCUT2D eigenvalue weighted by atomic mass is 35.5. The summed E-state index contributed by atoms with van der Waals surface area (Å²) in [6, 6.07) is 11.9. The number of likely N-dealkylation sites (N-methyl/N-ethyl adjacent to an activating group) is 1. The number of benzene rings is 2. The Bertz CT molecular complexity index is 1130. The summed E-state index contributed by atoms with van der Waals surface area (Å²) in [7, 11) is 1.44. The van der Waals surface area contributed by atoms with Crippen LogP contribution in [0.5, 0.6) is 5.75 Å². The Morgan fingerprint density at radius 2 is 1.90 bits per heavy atom. The van der Waals surface area contributed by atoms with E-state index in [1.165, 1.54) is 42.3 Å². The minimum Gasteiger partial charge on any atom is -0.482 e. The van der Waals surface area contributed by atoms with Crippen LogP contribution in [0, 0.1) is 5.82 Å². The Morgan fingerprint density at radius 1 is 1.13 bits per heavy atom. The number of esters is 1. The number of hydrogen-bond donors (Lipinski definition) is 0. The van der Waals surface area contributed by atoms with Gasteiger partial charge in [-0.25, -0.2) is 14.0 Å². The van der Waals surface area contributed by atoms with E-state index in [4.69, 9.17) is 25.5 Å². The fraction of sp³-hybridized carbons (Fsp3) is 0.190. The third kappa shape index (κ3) is 5.36. The van der Waals surface area contributed by atoms with Crippen LogP contribution in [-0.2, 0) is 20.9 Å². The van der Waals surface area contributed by atoms with Gasteiger partial charge < -0.3 is 18.8 Å². The van der Waals surface area contributed by atoms with Crippen LogP contribution in [0.25, 0.3) is 11.0 Å². The van der Waals surface area contributed by atoms with E-state index >= 15 is 0 Å².